The molecule has 0 spiro atoms. The van der Waals surface area contributed by atoms with Crippen LogP contribution >= 0.6 is 0 Å². The lowest BCUT2D eigenvalue weighted by Gasteiger charge is -2.23. The number of anilines is 2. The summed E-state index contributed by atoms with van der Waals surface area (Å²) in [5.74, 6) is 1.67. The summed E-state index contributed by atoms with van der Waals surface area (Å²) in [5.41, 5.74) is 5.15. The van der Waals surface area contributed by atoms with Gasteiger partial charge < -0.3 is 15.3 Å². The van der Waals surface area contributed by atoms with Crippen molar-refractivity contribution < 1.29 is 23.0 Å². The molecule has 0 radical (unpaired) electrons. The van der Waals surface area contributed by atoms with Gasteiger partial charge in [-0.1, -0.05) is 6.08 Å². The number of rotatable bonds is 10. The first-order valence-corrected chi connectivity index (χ1v) is 14.8. The average Bonchev–Trinajstić information content (AvgIpc) is 3.40. The highest BCUT2D eigenvalue weighted by Crippen LogP contribution is 2.41. The zero-order chi connectivity index (χ0) is 28.2. The maximum absolute atomic E-state index is 11.2. The first-order chi connectivity index (χ1) is 18.8. The fourth-order valence-electron chi connectivity index (χ4n) is 5.23. The van der Waals surface area contributed by atoms with E-state index in [-0.39, 0.29) is 11.2 Å². The molecular weight excluding hydrogens is 528 g/mol. The van der Waals surface area contributed by atoms with E-state index in [4.69, 9.17) is 4.55 Å². The largest absolute Gasteiger partial charge is 0.870 e. The van der Waals surface area contributed by atoms with E-state index >= 15 is 0 Å². The Hall–Kier alpha value is -4.16. The summed E-state index contributed by atoms with van der Waals surface area (Å²) in [5, 5.41) is 18.9. The van der Waals surface area contributed by atoms with E-state index in [9.17, 15) is 18.9 Å². The molecule has 0 saturated heterocycles. The molecule has 1 aliphatic rings. The van der Waals surface area contributed by atoms with E-state index in [1.807, 2.05) is 42.5 Å². The lowest BCUT2D eigenvalue weighted by Crippen LogP contribution is -2.37. The van der Waals surface area contributed by atoms with Gasteiger partial charge in [0.2, 0.25) is 0 Å². The van der Waals surface area contributed by atoms with Gasteiger partial charge >= 0.3 is 0 Å². The van der Waals surface area contributed by atoms with Gasteiger partial charge in [0.1, 0.15) is 5.82 Å². The van der Waals surface area contributed by atoms with E-state index < -0.39 is 10.1 Å². The molecule has 2 N–H and O–H groups in total. The summed E-state index contributed by atoms with van der Waals surface area (Å²) >= 11 is 0. The summed E-state index contributed by atoms with van der Waals surface area (Å²) in [4.78, 5) is 4.42. The first-order valence-electron chi connectivity index (χ1n) is 13.1. The van der Waals surface area contributed by atoms with Crippen molar-refractivity contribution in [1.82, 2.24) is 4.57 Å². The zero-order valence-corrected chi connectivity index (χ0v) is 23.8. The molecule has 1 aliphatic heterocycles. The third kappa shape index (κ3) is 6.02. The smallest absolute Gasteiger partial charge is 0.282 e. The van der Waals surface area contributed by atoms with Gasteiger partial charge in [-0.25, -0.2) is 9.13 Å². The van der Waals surface area contributed by atoms with Gasteiger partial charge in [0.25, 0.3) is 15.9 Å². The fraction of sp³-hybridized carbons (Fsp3) is 0.345. The molecule has 1 aromatic heterocycles. The molecule has 2 aromatic carbocycles. The summed E-state index contributed by atoms with van der Waals surface area (Å²) in [6.07, 6.45) is 7.00. The number of allylic oxidation sites excluding steroid dienone is 2. The van der Waals surface area contributed by atoms with Crippen molar-refractivity contribution in [3.63, 3.8) is 0 Å². The van der Waals surface area contributed by atoms with Gasteiger partial charge in [0.15, 0.2) is 11.0 Å². The van der Waals surface area contributed by atoms with Crippen LogP contribution in [0.15, 0.2) is 54.4 Å². The zero-order valence-electron chi connectivity index (χ0n) is 22.9. The second kappa shape index (κ2) is 12.8. The Labute approximate surface area is 235 Å². The molecule has 210 valence electrons. The Morgan fingerprint density at radius 3 is 2.20 bits per heavy atom. The quantitative estimate of drug-likeness (QED) is 0.217. The highest BCUT2D eigenvalue weighted by molar-refractivity contribution is 7.85. The Bertz CT molecular complexity index is 1640. The van der Waals surface area contributed by atoms with E-state index in [1.54, 1.807) is 6.07 Å². The van der Waals surface area contributed by atoms with Crippen LogP contribution < -0.4 is 14.4 Å². The molecule has 0 unspecified atom stereocenters. The van der Waals surface area contributed by atoms with Crippen LogP contribution in [0, 0.1) is 22.7 Å². The second-order valence-electron chi connectivity index (χ2n) is 9.25. The van der Waals surface area contributed by atoms with Crippen molar-refractivity contribution in [1.29, 1.82) is 10.5 Å². The minimum atomic E-state index is -4.01. The van der Waals surface area contributed by atoms with Crippen molar-refractivity contribution in [3.05, 3.63) is 71.3 Å². The van der Waals surface area contributed by atoms with E-state index in [1.165, 1.54) is 0 Å². The molecule has 0 saturated carbocycles. The third-order valence-corrected chi connectivity index (χ3v) is 7.76. The second-order valence-corrected chi connectivity index (χ2v) is 10.8. The van der Waals surface area contributed by atoms with Gasteiger partial charge in [0, 0.05) is 25.2 Å². The number of imidazole rings is 1. The van der Waals surface area contributed by atoms with Crippen LogP contribution in [0.5, 0.6) is 0 Å². The highest BCUT2D eigenvalue weighted by atomic mass is 32.2. The number of fused-ring (bicyclic) bond motifs is 2. The van der Waals surface area contributed by atoms with Gasteiger partial charge in [-0.05, 0) is 70.0 Å². The number of aromatic nitrogens is 2. The van der Waals surface area contributed by atoms with Crippen molar-refractivity contribution in [2.24, 2.45) is 0 Å². The number of benzene rings is 2. The van der Waals surface area contributed by atoms with Crippen molar-refractivity contribution in [3.8, 4) is 12.1 Å². The van der Waals surface area contributed by atoms with Crippen LogP contribution in [0.25, 0.3) is 17.1 Å². The van der Waals surface area contributed by atoms with Crippen molar-refractivity contribution in [2.45, 2.75) is 46.7 Å². The molecule has 0 fully saturated rings. The minimum Gasteiger partial charge on any atom is -0.870 e. The molecule has 0 atom stereocenters. The molecule has 10 nitrogen and oxygen atoms in total. The predicted octanol–water partition coefficient (Wildman–Crippen LogP) is 4.40. The molecular formula is C29H34N6O4S. The third-order valence-electron chi connectivity index (χ3n) is 6.95. The van der Waals surface area contributed by atoms with Gasteiger partial charge in [0.05, 0.1) is 53.5 Å². The number of nitrogens with zero attached hydrogens (tertiary/aromatic N) is 6. The Morgan fingerprint density at radius 1 is 0.925 bits per heavy atom. The van der Waals surface area contributed by atoms with Crippen LogP contribution in [0.2, 0.25) is 0 Å². The lowest BCUT2D eigenvalue weighted by atomic mass is 10.2. The maximum Gasteiger partial charge on any atom is 0.282 e. The minimum absolute atomic E-state index is 0. The van der Waals surface area contributed by atoms with Crippen LogP contribution in [0.3, 0.4) is 0 Å². The molecule has 11 heteroatoms. The molecule has 40 heavy (non-hydrogen) atoms. The van der Waals surface area contributed by atoms with Gasteiger partial charge in [-0.15, -0.1) is 0 Å². The number of nitriles is 2. The Balaban J connectivity index is 0.00000441. The topological polar surface area (TPSA) is 147 Å². The first kappa shape index (κ1) is 30.4. The van der Waals surface area contributed by atoms with Crippen LogP contribution in [-0.4, -0.2) is 41.9 Å². The number of unbranched alkanes of at least 4 members (excludes halogenated alkanes) is 1. The molecule has 2 heterocycles. The number of aryl methyl sites for hydroxylation is 2. The van der Waals surface area contributed by atoms with Crippen molar-refractivity contribution in [2.75, 3.05) is 28.6 Å². The lowest BCUT2D eigenvalue weighted by molar-refractivity contribution is -0.674. The van der Waals surface area contributed by atoms with Crippen LogP contribution in [0.1, 0.15) is 50.6 Å². The summed E-state index contributed by atoms with van der Waals surface area (Å²) in [7, 11) is -4.01. The Morgan fingerprint density at radius 2 is 1.57 bits per heavy atom. The average molecular weight is 563 g/mol. The summed E-state index contributed by atoms with van der Waals surface area (Å²) in [6.45, 7) is 9.01. The highest BCUT2D eigenvalue weighted by Gasteiger charge is 2.29. The normalized spacial score (nSPS) is 14.0. The number of hydrogen-bond donors (Lipinski definition) is 1. The van der Waals surface area contributed by atoms with E-state index in [0.29, 0.717) is 37.1 Å². The predicted molar refractivity (Wildman–Crippen MR) is 154 cm³/mol. The fourth-order valence-corrected chi connectivity index (χ4v) is 5.80. The van der Waals surface area contributed by atoms with Crippen LogP contribution in [-0.2, 0) is 23.2 Å². The molecule has 0 amide bonds. The maximum atomic E-state index is 11.2. The van der Waals surface area contributed by atoms with E-state index in [2.05, 4.69) is 57.9 Å². The van der Waals surface area contributed by atoms with Gasteiger partial charge in [-0.2, -0.15) is 18.9 Å². The monoisotopic (exact) mass is 562 g/mol. The number of hydrogen-bond acceptors (Lipinski definition) is 7. The van der Waals surface area contributed by atoms with E-state index in [0.717, 1.165) is 47.1 Å². The summed E-state index contributed by atoms with van der Waals surface area (Å²) < 4.78 is 35.8. The molecule has 4 rings (SSSR count). The Kier molecular flexibility index (Phi) is 9.72. The molecule has 3 aromatic rings. The molecule has 0 bridgehead atoms. The van der Waals surface area contributed by atoms with Crippen LogP contribution in [0.4, 0.5) is 11.4 Å². The van der Waals surface area contributed by atoms with Gasteiger partial charge in [-0.3, -0.25) is 4.55 Å². The summed E-state index contributed by atoms with van der Waals surface area (Å²) in [6, 6.07) is 15.8. The SMILES string of the molecule is CCN1C(=CC=Cc2n(CC)c3ccc(C#N)cc3[n+]2CCCCS(=O)(=O)O)N(CC)c2cc(C#N)ccc21.[OH-]. The molecule has 0 aliphatic carbocycles. The van der Waals surface area contributed by atoms with Crippen molar-refractivity contribution >= 4 is 38.6 Å². The standard InChI is InChI=1S/C29H32N6O3S.H2O/c1-4-32-24-14-12-22(20-30)18-26(24)34(6-3)28(32)10-9-11-29-33(5-2)25-15-13-23(21-31)19-27(25)35(29)16-7-8-17-39(36,37)38;/h9-15,18-19H,4-8,16-17H2,1-3H3;1H2.